The van der Waals surface area contributed by atoms with E-state index in [1.807, 2.05) is 11.8 Å². The normalized spacial score (nSPS) is 17.9. The third-order valence-electron chi connectivity index (χ3n) is 2.73. The molecule has 1 aliphatic heterocycles. The molecule has 1 rings (SSSR count). The van der Waals surface area contributed by atoms with Crippen LogP contribution in [0.3, 0.4) is 0 Å². The van der Waals surface area contributed by atoms with Gasteiger partial charge in [-0.2, -0.15) is 0 Å². The van der Waals surface area contributed by atoms with Gasteiger partial charge in [0.05, 0.1) is 0 Å². The van der Waals surface area contributed by atoms with Gasteiger partial charge in [0.1, 0.15) is 0 Å². The summed E-state index contributed by atoms with van der Waals surface area (Å²) in [4.78, 5) is 13.4. The highest BCUT2D eigenvalue weighted by molar-refractivity contribution is 9.11. The summed E-state index contributed by atoms with van der Waals surface area (Å²) in [5.74, 6) is 0.276. The van der Waals surface area contributed by atoms with E-state index in [0.29, 0.717) is 12.5 Å². The minimum absolute atomic E-state index is 0.276. The maximum atomic E-state index is 11.4. The second-order valence-electron chi connectivity index (χ2n) is 3.91. The van der Waals surface area contributed by atoms with Gasteiger partial charge in [-0.3, -0.25) is 4.79 Å². The van der Waals surface area contributed by atoms with E-state index in [4.69, 9.17) is 0 Å². The molecule has 0 aliphatic carbocycles. The van der Waals surface area contributed by atoms with Crippen molar-refractivity contribution in [3.8, 4) is 0 Å². The molecule has 0 saturated carbocycles. The fraction of sp³-hybridized carbons (Fsp3) is 0.727. The van der Waals surface area contributed by atoms with Crippen LogP contribution in [0.5, 0.6) is 0 Å². The molecule has 0 aromatic rings. The summed E-state index contributed by atoms with van der Waals surface area (Å²) in [5.41, 5.74) is 0. The zero-order chi connectivity index (χ0) is 11.3. The predicted octanol–water partition coefficient (Wildman–Crippen LogP) is 1.89. The third-order valence-corrected chi connectivity index (χ3v) is 3.01. The Morgan fingerprint density at radius 3 is 2.60 bits per heavy atom. The van der Waals surface area contributed by atoms with E-state index in [1.54, 1.807) is 0 Å². The van der Waals surface area contributed by atoms with Crippen LogP contribution < -0.4 is 5.32 Å². The average molecular weight is 275 g/mol. The molecule has 4 heteroatoms. The molecule has 1 heterocycles. The molecule has 1 N–H and O–H groups in total. The van der Waals surface area contributed by atoms with Crippen LogP contribution in [0.15, 0.2) is 11.1 Å². The fourth-order valence-electron chi connectivity index (χ4n) is 1.81. The van der Waals surface area contributed by atoms with Gasteiger partial charge in [0.25, 0.3) is 0 Å². The van der Waals surface area contributed by atoms with Crippen molar-refractivity contribution >= 4 is 21.8 Å². The van der Waals surface area contributed by atoms with Gasteiger partial charge >= 0.3 is 0 Å². The molecule has 1 amide bonds. The highest BCUT2D eigenvalue weighted by Gasteiger charge is 2.20. The summed E-state index contributed by atoms with van der Waals surface area (Å²) in [6.07, 6.45) is 2.72. The van der Waals surface area contributed by atoms with Crippen molar-refractivity contribution in [2.45, 2.75) is 32.2 Å². The smallest absolute Gasteiger partial charge is 0.222 e. The monoisotopic (exact) mass is 274 g/mol. The molecule has 3 nitrogen and oxygen atoms in total. The quantitative estimate of drug-likeness (QED) is 0.849. The van der Waals surface area contributed by atoms with Gasteiger partial charge in [-0.1, -0.05) is 29.4 Å². The van der Waals surface area contributed by atoms with Crippen LogP contribution in [0.2, 0.25) is 0 Å². The van der Waals surface area contributed by atoms with Crippen molar-refractivity contribution in [3.63, 3.8) is 0 Å². The fourth-order valence-corrected chi connectivity index (χ4v) is 1.97. The molecule has 1 saturated heterocycles. The lowest BCUT2D eigenvalue weighted by atomic mass is 10.0. The van der Waals surface area contributed by atoms with Crippen molar-refractivity contribution in [2.75, 3.05) is 19.6 Å². The molecule has 1 aliphatic rings. The van der Waals surface area contributed by atoms with Gasteiger partial charge in [-0.15, -0.1) is 0 Å². The van der Waals surface area contributed by atoms with Gasteiger partial charge in [0.15, 0.2) is 0 Å². The number of hydrogen-bond donors (Lipinski definition) is 1. The van der Waals surface area contributed by atoms with E-state index in [0.717, 1.165) is 37.0 Å². The number of nitrogens with one attached hydrogen (secondary N) is 1. The van der Waals surface area contributed by atoms with Crippen LogP contribution in [0.25, 0.3) is 0 Å². The van der Waals surface area contributed by atoms with Crippen molar-refractivity contribution in [1.82, 2.24) is 10.2 Å². The van der Waals surface area contributed by atoms with Gasteiger partial charge in [-0.05, 0) is 12.8 Å². The first-order valence-corrected chi connectivity index (χ1v) is 6.27. The summed E-state index contributed by atoms with van der Waals surface area (Å²) < 4.78 is 0.981. The SMILES string of the molecule is C=C(Br)CNC1CCN(C(=O)CC)CC1. The van der Waals surface area contributed by atoms with Gasteiger partial charge in [0.2, 0.25) is 5.91 Å². The lowest BCUT2D eigenvalue weighted by molar-refractivity contribution is -0.131. The Balaban J connectivity index is 2.23. The zero-order valence-electron chi connectivity index (χ0n) is 9.26. The molecule has 0 unspecified atom stereocenters. The van der Waals surface area contributed by atoms with Gasteiger partial charge < -0.3 is 10.2 Å². The number of likely N-dealkylation sites (tertiary alicyclic amines) is 1. The minimum atomic E-state index is 0.276. The van der Waals surface area contributed by atoms with Gasteiger partial charge in [-0.25, -0.2) is 0 Å². The molecule has 1 fully saturated rings. The lowest BCUT2D eigenvalue weighted by Crippen LogP contribution is -2.44. The van der Waals surface area contributed by atoms with Crippen LogP contribution in [0.4, 0.5) is 0 Å². The Bertz CT molecular complexity index is 235. The van der Waals surface area contributed by atoms with E-state index < -0.39 is 0 Å². The van der Waals surface area contributed by atoms with Crippen LogP contribution in [-0.2, 0) is 4.79 Å². The molecule has 0 bridgehead atoms. The summed E-state index contributed by atoms with van der Waals surface area (Å²) >= 11 is 3.33. The van der Waals surface area contributed by atoms with E-state index >= 15 is 0 Å². The van der Waals surface area contributed by atoms with E-state index in [2.05, 4.69) is 27.8 Å². The number of rotatable bonds is 4. The Kier molecular flexibility index (Phi) is 5.32. The molecule has 0 spiro atoms. The Labute approximate surface area is 100 Å². The average Bonchev–Trinajstić information content (AvgIpc) is 2.26. The predicted molar refractivity (Wildman–Crippen MR) is 66.0 cm³/mol. The van der Waals surface area contributed by atoms with Crippen LogP contribution >= 0.6 is 15.9 Å². The number of halogens is 1. The van der Waals surface area contributed by atoms with Crippen LogP contribution in [-0.4, -0.2) is 36.5 Å². The maximum absolute atomic E-state index is 11.4. The molecule has 0 radical (unpaired) electrons. The standard InChI is InChI=1S/C11H19BrN2O/c1-3-11(15)14-6-4-10(5-7-14)13-8-9(2)12/h10,13H,2-8H2,1H3. The summed E-state index contributed by atoms with van der Waals surface area (Å²) in [7, 11) is 0. The highest BCUT2D eigenvalue weighted by atomic mass is 79.9. The van der Waals surface area contributed by atoms with Crippen molar-refractivity contribution < 1.29 is 4.79 Å². The molecule has 0 atom stereocenters. The van der Waals surface area contributed by atoms with E-state index in [9.17, 15) is 4.79 Å². The molecule has 15 heavy (non-hydrogen) atoms. The Hall–Kier alpha value is -0.350. The first kappa shape index (κ1) is 12.7. The van der Waals surface area contributed by atoms with Crippen molar-refractivity contribution in [1.29, 1.82) is 0 Å². The number of piperidine rings is 1. The van der Waals surface area contributed by atoms with E-state index in [-0.39, 0.29) is 5.91 Å². The molecular formula is C11H19BrN2O. The number of carbonyl (C=O) groups is 1. The highest BCUT2D eigenvalue weighted by Crippen LogP contribution is 2.12. The second kappa shape index (κ2) is 6.28. The van der Waals surface area contributed by atoms with Crippen LogP contribution in [0, 0.1) is 0 Å². The van der Waals surface area contributed by atoms with E-state index in [1.165, 1.54) is 0 Å². The summed E-state index contributed by atoms with van der Waals surface area (Å²) in [6, 6.07) is 0.528. The third kappa shape index (κ3) is 4.34. The molecule has 0 aromatic carbocycles. The first-order valence-electron chi connectivity index (χ1n) is 5.48. The Morgan fingerprint density at radius 1 is 1.53 bits per heavy atom. The van der Waals surface area contributed by atoms with Crippen molar-refractivity contribution in [2.24, 2.45) is 0 Å². The molecule has 0 aromatic heterocycles. The zero-order valence-corrected chi connectivity index (χ0v) is 10.8. The summed E-state index contributed by atoms with van der Waals surface area (Å²) in [5, 5.41) is 3.41. The van der Waals surface area contributed by atoms with Gasteiger partial charge in [0, 0.05) is 36.6 Å². The minimum Gasteiger partial charge on any atom is -0.343 e. The topological polar surface area (TPSA) is 32.3 Å². The molecule has 86 valence electrons. The number of hydrogen-bond acceptors (Lipinski definition) is 2. The Morgan fingerprint density at radius 2 is 2.13 bits per heavy atom. The lowest BCUT2D eigenvalue weighted by Gasteiger charge is -2.32. The second-order valence-corrected chi connectivity index (χ2v) is 5.03. The summed E-state index contributed by atoms with van der Waals surface area (Å²) in [6.45, 7) is 8.29. The van der Waals surface area contributed by atoms with Crippen molar-refractivity contribution in [3.05, 3.63) is 11.1 Å². The molecular weight excluding hydrogens is 256 g/mol. The number of nitrogens with zero attached hydrogens (tertiary/aromatic N) is 1. The largest absolute Gasteiger partial charge is 0.343 e. The number of amides is 1. The van der Waals surface area contributed by atoms with Crippen LogP contribution in [0.1, 0.15) is 26.2 Å². The first-order chi connectivity index (χ1) is 7.13. The maximum Gasteiger partial charge on any atom is 0.222 e. The number of carbonyl (C=O) groups excluding carboxylic acids is 1.